The quantitative estimate of drug-likeness (QED) is 0.894. The zero-order chi connectivity index (χ0) is 14.7. The topological polar surface area (TPSA) is 34.4 Å². The fourth-order valence-electron chi connectivity index (χ4n) is 3.72. The molecule has 2 atom stereocenters. The molecule has 0 bridgehead atoms. The first-order valence-corrected chi connectivity index (χ1v) is 9.45. The van der Waals surface area contributed by atoms with Gasteiger partial charge in [-0.25, -0.2) is 0 Å². The zero-order valence-corrected chi connectivity index (χ0v) is 14.1. The first-order valence-electron chi connectivity index (χ1n) is 7.92. The predicted octanol–water partition coefficient (Wildman–Crippen LogP) is 4.28. The summed E-state index contributed by atoms with van der Waals surface area (Å²) in [6, 6.07) is 2.28. The van der Waals surface area contributed by atoms with E-state index in [9.17, 15) is 0 Å². The Morgan fingerprint density at radius 2 is 2.29 bits per heavy atom. The van der Waals surface area contributed by atoms with E-state index in [2.05, 4.69) is 24.0 Å². The molecule has 21 heavy (non-hydrogen) atoms. The van der Waals surface area contributed by atoms with Gasteiger partial charge >= 0.3 is 0 Å². The van der Waals surface area contributed by atoms with Crippen molar-refractivity contribution in [2.24, 2.45) is 5.92 Å². The van der Waals surface area contributed by atoms with E-state index < -0.39 is 0 Å². The minimum Gasteiger partial charge on any atom is -0.453 e. The van der Waals surface area contributed by atoms with Crippen LogP contribution in [0.25, 0.3) is 0 Å². The third-order valence-corrected chi connectivity index (χ3v) is 6.10. The van der Waals surface area contributed by atoms with Crippen molar-refractivity contribution in [2.45, 2.75) is 44.2 Å². The summed E-state index contributed by atoms with van der Waals surface area (Å²) in [7, 11) is 0. The molecule has 1 aromatic rings. The molecule has 2 fully saturated rings. The number of ether oxygens (including phenoxy) is 1. The largest absolute Gasteiger partial charge is 0.453 e. The molecule has 3 nitrogen and oxygen atoms in total. The van der Waals surface area contributed by atoms with E-state index in [4.69, 9.17) is 20.8 Å². The molecule has 118 valence electrons. The van der Waals surface area contributed by atoms with E-state index in [-0.39, 0.29) is 11.6 Å². The molecule has 0 saturated carbocycles. The van der Waals surface area contributed by atoms with Gasteiger partial charge < -0.3 is 14.5 Å². The Kier molecular flexibility index (Phi) is 5.20. The monoisotopic (exact) mass is 329 g/mol. The number of nitrogens with one attached hydrogen (secondary N) is 1. The van der Waals surface area contributed by atoms with Crippen LogP contribution < -0.4 is 5.32 Å². The smallest absolute Gasteiger partial charge is 0.197 e. The van der Waals surface area contributed by atoms with Crippen LogP contribution in [0.1, 0.15) is 44.2 Å². The lowest BCUT2D eigenvalue weighted by Gasteiger charge is -2.45. The van der Waals surface area contributed by atoms with Crippen molar-refractivity contribution in [3.05, 3.63) is 23.1 Å². The maximum absolute atomic E-state index is 6.23. The number of hydrogen-bond acceptors (Lipinski definition) is 4. The van der Waals surface area contributed by atoms with Crippen LogP contribution in [0.15, 0.2) is 16.7 Å². The van der Waals surface area contributed by atoms with Crippen LogP contribution in [-0.4, -0.2) is 30.3 Å². The molecule has 5 heteroatoms. The summed E-state index contributed by atoms with van der Waals surface area (Å²) in [5.74, 6) is 3.02. The Labute approximate surface area is 136 Å². The van der Waals surface area contributed by atoms with E-state index >= 15 is 0 Å². The second kappa shape index (κ2) is 6.95. The molecule has 1 spiro atoms. The van der Waals surface area contributed by atoms with Crippen molar-refractivity contribution in [3.8, 4) is 0 Å². The maximum atomic E-state index is 6.23. The van der Waals surface area contributed by atoms with Gasteiger partial charge in [0.25, 0.3) is 0 Å². The Bertz CT molecular complexity index is 453. The van der Waals surface area contributed by atoms with Crippen LogP contribution >= 0.6 is 23.4 Å². The summed E-state index contributed by atoms with van der Waals surface area (Å²) >= 11 is 8.28. The minimum atomic E-state index is 0.109. The van der Waals surface area contributed by atoms with Gasteiger partial charge in [-0.2, -0.15) is 11.8 Å². The second-order valence-corrected chi connectivity index (χ2v) is 7.65. The lowest BCUT2D eigenvalue weighted by Crippen LogP contribution is -2.45. The van der Waals surface area contributed by atoms with Gasteiger partial charge in [-0.1, -0.05) is 6.92 Å². The van der Waals surface area contributed by atoms with E-state index in [1.54, 1.807) is 6.26 Å². The average molecular weight is 330 g/mol. The van der Waals surface area contributed by atoms with Gasteiger partial charge in [0.15, 0.2) is 5.22 Å². The minimum absolute atomic E-state index is 0.109. The normalized spacial score (nSPS) is 26.9. The number of thioether (sulfide) groups is 1. The highest BCUT2D eigenvalue weighted by atomic mass is 35.5. The molecule has 3 heterocycles. The number of hydrogen-bond donors (Lipinski definition) is 1. The number of halogens is 1. The Hall–Kier alpha value is -0.160. The average Bonchev–Trinajstić information content (AvgIpc) is 2.91. The van der Waals surface area contributed by atoms with Gasteiger partial charge in [-0.15, -0.1) is 0 Å². The van der Waals surface area contributed by atoms with E-state index in [1.165, 1.54) is 24.3 Å². The molecule has 1 N–H and O–H groups in total. The highest BCUT2D eigenvalue weighted by Gasteiger charge is 2.41. The summed E-state index contributed by atoms with van der Waals surface area (Å²) in [5.41, 5.74) is 1.21. The molecule has 2 aliphatic heterocycles. The second-order valence-electron chi connectivity index (χ2n) is 6.08. The summed E-state index contributed by atoms with van der Waals surface area (Å²) in [6.07, 6.45) is 6.29. The van der Waals surface area contributed by atoms with E-state index in [0.29, 0.717) is 11.1 Å². The molecule has 2 saturated heterocycles. The summed E-state index contributed by atoms with van der Waals surface area (Å²) in [6.45, 7) is 3.95. The lowest BCUT2D eigenvalue weighted by molar-refractivity contribution is -0.107. The SMILES string of the molecule is CCNC(c1ccoc1Cl)C1CCOC2(CCSCC2)C1. The standard InChI is InChI=1S/C16H24ClNO2S/c1-2-18-14(13-4-7-19-15(13)17)12-3-8-20-16(11-12)5-9-21-10-6-16/h4,7,12,14,18H,2-3,5-6,8-11H2,1H3. The zero-order valence-electron chi connectivity index (χ0n) is 12.6. The fraction of sp³-hybridized carbons (Fsp3) is 0.750. The molecule has 0 amide bonds. The molecular formula is C16H24ClNO2S. The molecule has 2 aliphatic rings. The summed E-state index contributed by atoms with van der Waals surface area (Å²) in [5, 5.41) is 4.14. The van der Waals surface area contributed by atoms with Gasteiger partial charge in [0.2, 0.25) is 0 Å². The van der Waals surface area contributed by atoms with Gasteiger partial charge in [0, 0.05) is 18.2 Å². The van der Waals surface area contributed by atoms with Crippen LogP contribution in [0.2, 0.25) is 5.22 Å². The van der Waals surface area contributed by atoms with Gasteiger partial charge in [-0.05, 0) is 67.3 Å². The first kappa shape index (κ1) is 15.7. The van der Waals surface area contributed by atoms with Crippen LogP contribution in [0, 0.1) is 5.92 Å². The molecule has 0 aliphatic carbocycles. The predicted molar refractivity (Wildman–Crippen MR) is 88.1 cm³/mol. The Morgan fingerprint density at radius 1 is 1.48 bits per heavy atom. The number of rotatable bonds is 4. The molecule has 0 radical (unpaired) electrons. The maximum Gasteiger partial charge on any atom is 0.197 e. The van der Waals surface area contributed by atoms with Gasteiger partial charge in [0.1, 0.15) is 0 Å². The van der Waals surface area contributed by atoms with Crippen LogP contribution in [0.4, 0.5) is 0 Å². The third-order valence-electron chi connectivity index (χ3n) is 4.81. The van der Waals surface area contributed by atoms with Gasteiger partial charge in [0.05, 0.1) is 11.9 Å². The molecule has 2 unspecified atom stereocenters. The van der Waals surface area contributed by atoms with Crippen molar-refractivity contribution in [3.63, 3.8) is 0 Å². The van der Waals surface area contributed by atoms with Crippen molar-refractivity contribution >= 4 is 23.4 Å². The van der Waals surface area contributed by atoms with E-state index in [0.717, 1.165) is 31.6 Å². The first-order chi connectivity index (χ1) is 10.2. The van der Waals surface area contributed by atoms with Crippen LogP contribution in [-0.2, 0) is 4.74 Å². The van der Waals surface area contributed by atoms with Crippen LogP contribution in [0.5, 0.6) is 0 Å². The Balaban J connectivity index is 1.77. The van der Waals surface area contributed by atoms with Crippen LogP contribution in [0.3, 0.4) is 0 Å². The molecule has 3 rings (SSSR count). The van der Waals surface area contributed by atoms with Crippen molar-refractivity contribution in [2.75, 3.05) is 24.7 Å². The van der Waals surface area contributed by atoms with Crippen molar-refractivity contribution < 1.29 is 9.15 Å². The Morgan fingerprint density at radius 3 is 2.95 bits per heavy atom. The molecule has 1 aromatic heterocycles. The summed E-state index contributed by atoms with van der Waals surface area (Å²) in [4.78, 5) is 0. The molecular weight excluding hydrogens is 306 g/mol. The molecule has 0 aromatic carbocycles. The third kappa shape index (κ3) is 3.44. The summed E-state index contributed by atoms with van der Waals surface area (Å²) < 4.78 is 11.5. The van der Waals surface area contributed by atoms with Crippen molar-refractivity contribution in [1.82, 2.24) is 5.32 Å². The highest BCUT2D eigenvalue weighted by Crippen LogP contribution is 2.44. The number of furan rings is 1. The fourth-order valence-corrected chi connectivity index (χ4v) is 5.19. The highest BCUT2D eigenvalue weighted by molar-refractivity contribution is 7.99. The lowest BCUT2D eigenvalue weighted by atomic mass is 9.77. The van der Waals surface area contributed by atoms with E-state index in [1.807, 2.05) is 6.07 Å². The van der Waals surface area contributed by atoms with Gasteiger partial charge in [-0.3, -0.25) is 0 Å². The van der Waals surface area contributed by atoms with Crippen molar-refractivity contribution in [1.29, 1.82) is 0 Å².